The Morgan fingerprint density at radius 1 is 1.38 bits per heavy atom. The van der Waals surface area contributed by atoms with Crippen molar-refractivity contribution in [1.82, 2.24) is 0 Å². The molecule has 4 heteroatoms. The van der Waals surface area contributed by atoms with Crippen LogP contribution in [0.2, 0.25) is 0 Å². The smallest absolute Gasteiger partial charge is 0.315 e. The second kappa shape index (κ2) is 5.67. The van der Waals surface area contributed by atoms with E-state index in [0.717, 1.165) is 31.1 Å². The first-order chi connectivity index (χ1) is 12.3. The van der Waals surface area contributed by atoms with Crippen LogP contribution in [0.3, 0.4) is 0 Å². The molecule has 0 amide bonds. The number of allylic oxidation sites excluding steroid dienone is 1. The van der Waals surface area contributed by atoms with Gasteiger partial charge in [-0.05, 0) is 55.8 Å². The summed E-state index contributed by atoms with van der Waals surface area (Å²) in [5, 5.41) is 10.7. The van der Waals surface area contributed by atoms with E-state index in [9.17, 15) is 14.7 Å². The Labute approximate surface area is 156 Å². The van der Waals surface area contributed by atoms with Gasteiger partial charge in [0.05, 0.1) is 12.0 Å². The number of carbonyl (C=O) groups is 2. The molecule has 0 aromatic carbocycles. The zero-order valence-corrected chi connectivity index (χ0v) is 16.5. The van der Waals surface area contributed by atoms with Crippen LogP contribution in [-0.2, 0) is 14.3 Å². The molecule has 4 rings (SSSR count). The zero-order chi connectivity index (χ0) is 18.9. The predicted octanol–water partition coefficient (Wildman–Crippen LogP) is 3.95. The lowest BCUT2D eigenvalue weighted by Crippen LogP contribution is -2.63. The van der Waals surface area contributed by atoms with Gasteiger partial charge in [0, 0.05) is 12.0 Å². The minimum Gasteiger partial charge on any atom is -0.481 e. The number of carbonyl (C=O) groups excluding carboxylic acids is 1. The molecule has 0 aromatic rings. The molecule has 0 heterocycles. The molecule has 1 N–H and O–H groups in total. The van der Waals surface area contributed by atoms with E-state index < -0.39 is 22.2 Å². The number of aliphatic carboxylic acids is 1. The Hall–Kier alpha value is -1.16. The quantitative estimate of drug-likeness (QED) is 0.575. The number of aldehydes is 1. The van der Waals surface area contributed by atoms with Crippen LogP contribution >= 0.6 is 0 Å². The highest BCUT2D eigenvalue weighted by Crippen LogP contribution is 2.82. The van der Waals surface area contributed by atoms with Crippen molar-refractivity contribution in [2.75, 3.05) is 13.2 Å². The molecule has 0 spiro atoms. The van der Waals surface area contributed by atoms with Gasteiger partial charge >= 0.3 is 5.97 Å². The average molecular weight is 360 g/mol. The Kier molecular flexibility index (Phi) is 3.97. The van der Waals surface area contributed by atoms with Crippen LogP contribution in [0.15, 0.2) is 11.6 Å². The van der Waals surface area contributed by atoms with Crippen LogP contribution in [0, 0.1) is 45.8 Å². The predicted molar refractivity (Wildman–Crippen MR) is 98.5 cm³/mol. The normalized spacial score (nSPS) is 48.6. The summed E-state index contributed by atoms with van der Waals surface area (Å²) in [4.78, 5) is 25.8. The third-order valence-corrected chi connectivity index (χ3v) is 8.69. The van der Waals surface area contributed by atoms with Crippen LogP contribution < -0.4 is 0 Å². The van der Waals surface area contributed by atoms with Crippen molar-refractivity contribution in [3.8, 4) is 0 Å². The molecule has 0 saturated heterocycles. The van der Waals surface area contributed by atoms with E-state index in [4.69, 9.17) is 4.74 Å². The van der Waals surface area contributed by atoms with Crippen molar-refractivity contribution < 1.29 is 19.4 Å². The highest BCUT2D eigenvalue weighted by atomic mass is 16.5. The van der Waals surface area contributed by atoms with Gasteiger partial charge in [0.15, 0.2) is 0 Å². The summed E-state index contributed by atoms with van der Waals surface area (Å²) in [5.74, 6) is 0.692. The molecule has 3 saturated carbocycles. The van der Waals surface area contributed by atoms with E-state index in [0.29, 0.717) is 31.5 Å². The molecule has 0 unspecified atom stereocenters. The van der Waals surface area contributed by atoms with Crippen LogP contribution in [0.5, 0.6) is 0 Å². The first-order valence-electron chi connectivity index (χ1n) is 10.3. The van der Waals surface area contributed by atoms with Gasteiger partial charge in [0.25, 0.3) is 0 Å². The second-order valence-corrected chi connectivity index (χ2v) is 9.62. The van der Waals surface area contributed by atoms with Gasteiger partial charge in [-0.15, -0.1) is 0 Å². The first-order valence-corrected chi connectivity index (χ1v) is 10.3. The molecule has 7 atom stereocenters. The van der Waals surface area contributed by atoms with Crippen LogP contribution in [0.25, 0.3) is 0 Å². The van der Waals surface area contributed by atoms with Gasteiger partial charge in [0.1, 0.15) is 11.7 Å². The lowest BCUT2D eigenvalue weighted by molar-refractivity contribution is -0.186. The van der Waals surface area contributed by atoms with E-state index in [2.05, 4.69) is 26.8 Å². The zero-order valence-electron chi connectivity index (χ0n) is 16.5. The van der Waals surface area contributed by atoms with Crippen molar-refractivity contribution in [1.29, 1.82) is 0 Å². The fraction of sp³-hybridized carbons (Fsp3) is 0.818. The van der Waals surface area contributed by atoms with Crippen molar-refractivity contribution >= 4 is 12.3 Å². The van der Waals surface area contributed by atoms with Gasteiger partial charge in [0.2, 0.25) is 0 Å². The molecule has 26 heavy (non-hydrogen) atoms. The molecule has 0 aromatic heterocycles. The minimum atomic E-state index is -1.08. The maximum Gasteiger partial charge on any atom is 0.315 e. The van der Waals surface area contributed by atoms with E-state index in [-0.39, 0.29) is 17.8 Å². The highest BCUT2D eigenvalue weighted by molar-refractivity contribution is 5.90. The summed E-state index contributed by atoms with van der Waals surface area (Å²) in [5.41, 5.74) is -1.32. The molecular weight excluding hydrogens is 328 g/mol. The van der Waals surface area contributed by atoms with Crippen LogP contribution in [-0.4, -0.2) is 30.6 Å². The molecule has 144 valence electrons. The average Bonchev–Trinajstić information content (AvgIpc) is 3.17. The van der Waals surface area contributed by atoms with E-state index >= 15 is 0 Å². The molecule has 0 radical (unpaired) electrons. The Balaban J connectivity index is 1.99. The molecule has 3 fully saturated rings. The molecule has 4 aliphatic rings. The summed E-state index contributed by atoms with van der Waals surface area (Å²) in [6.07, 6.45) is 6.98. The summed E-state index contributed by atoms with van der Waals surface area (Å²) >= 11 is 0. The maximum atomic E-state index is 13.1. The first kappa shape index (κ1) is 18.2. The third-order valence-electron chi connectivity index (χ3n) is 8.69. The van der Waals surface area contributed by atoms with Gasteiger partial charge in [-0.1, -0.05) is 38.8 Å². The number of ether oxygens (including phenoxy) is 1. The van der Waals surface area contributed by atoms with Crippen molar-refractivity contribution in [2.45, 2.75) is 53.4 Å². The summed E-state index contributed by atoms with van der Waals surface area (Å²) in [6, 6.07) is 0. The fourth-order valence-electron chi connectivity index (χ4n) is 7.92. The van der Waals surface area contributed by atoms with Crippen molar-refractivity contribution in [3.05, 3.63) is 11.6 Å². The molecule has 4 nitrogen and oxygen atoms in total. The molecule has 0 aliphatic heterocycles. The number of carboxylic acid groups (broad SMARTS) is 1. The monoisotopic (exact) mass is 360 g/mol. The third kappa shape index (κ3) is 1.71. The van der Waals surface area contributed by atoms with Gasteiger partial charge in [-0.25, -0.2) is 0 Å². The number of hydrogen-bond acceptors (Lipinski definition) is 3. The van der Waals surface area contributed by atoms with Crippen molar-refractivity contribution in [3.63, 3.8) is 0 Å². The summed E-state index contributed by atoms with van der Waals surface area (Å²) in [7, 11) is 0. The van der Waals surface area contributed by atoms with Crippen LogP contribution in [0.4, 0.5) is 0 Å². The van der Waals surface area contributed by atoms with Gasteiger partial charge in [-0.3, -0.25) is 4.79 Å². The maximum absolute atomic E-state index is 13.1. The van der Waals surface area contributed by atoms with Crippen molar-refractivity contribution in [2.24, 2.45) is 45.8 Å². The summed E-state index contributed by atoms with van der Waals surface area (Å²) in [6.45, 7) is 9.45. The number of rotatable bonds is 6. The number of fused-ring (bicyclic) bond motifs is 2. The van der Waals surface area contributed by atoms with E-state index in [1.807, 2.05) is 6.92 Å². The number of hydrogen-bond donors (Lipinski definition) is 1. The van der Waals surface area contributed by atoms with Gasteiger partial charge in [-0.2, -0.15) is 0 Å². The lowest BCUT2D eigenvalue weighted by atomic mass is 9.43. The van der Waals surface area contributed by atoms with Gasteiger partial charge < -0.3 is 14.6 Å². The summed E-state index contributed by atoms with van der Waals surface area (Å²) < 4.78 is 5.94. The molecule has 4 bridgehead atoms. The van der Waals surface area contributed by atoms with E-state index in [1.54, 1.807) is 0 Å². The SMILES string of the molecule is CCOC[C@@]12C[C@@H]3[C@H](C)CC[C@H]3[C@]3(C=O)C[C@@H]1C=C(C(C)C)[C@@]23C(=O)O. The Morgan fingerprint density at radius 3 is 2.69 bits per heavy atom. The second-order valence-electron chi connectivity index (χ2n) is 9.62. The topological polar surface area (TPSA) is 63.6 Å². The standard InChI is InChI=1S/C22H32O4/c1-5-26-12-21-10-16-14(4)6-7-17(16)20(11-23)9-15(21)8-18(13(2)3)22(20,21)19(24)25/h8,11,13-17H,5-7,9-10,12H2,1-4H3,(H,24,25)/t14-,15+,16-,17-,20-,21+,22+/m1/s1. The molecular formula is C22H32O4. The Bertz CT molecular complexity index is 667. The fourth-order valence-corrected chi connectivity index (χ4v) is 7.92. The van der Waals surface area contributed by atoms with Crippen LogP contribution in [0.1, 0.15) is 53.4 Å². The Morgan fingerprint density at radius 2 is 2.12 bits per heavy atom. The molecule has 4 aliphatic carbocycles. The highest BCUT2D eigenvalue weighted by Gasteiger charge is 2.84. The lowest BCUT2D eigenvalue weighted by Gasteiger charge is -2.58. The number of carboxylic acids is 1. The largest absolute Gasteiger partial charge is 0.481 e. The van der Waals surface area contributed by atoms with E-state index in [1.165, 1.54) is 0 Å². The minimum absolute atomic E-state index is 0.132.